The maximum absolute atomic E-state index is 13.6. The predicted octanol–water partition coefficient (Wildman–Crippen LogP) is 4.97. The minimum atomic E-state index is -4.49. The van der Waals surface area contributed by atoms with Gasteiger partial charge in [0.25, 0.3) is 5.91 Å². The second-order valence-corrected chi connectivity index (χ2v) is 9.35. The van der Waals surface area contributed by atoms with Crippen molar-refractivity contribution in [2.45, 2.75) is 38.2 Å². The Morgan fingerprint density at radius 3 is 2.56 bits per heavy atom. The SMILES string of the molecule is CO[C@@H]1CCN(C(=O)N2Cc3ccccc3N(C(=O)c3ccc(OCC(F)(F)F)cc3Cl)C[C@H]2C)C1. The van der Waals surface area contributed by atoms with Crippen molar-refractivity contribution in [1.29, 1.82) is 0 Å². The average Bonchev–Trinajstić information content (AvgIpc) is 3.27. The molecule has 0 unspecified atom stereocenters. The van der Waals surface area contributed by atoms with E-state index in [2.05, 4.69) is 0 Å². The van der Waals surface area contributed by atoms with Gasteiger partial charge >= 0.3 is 12.2 Å². The summed E-state index contributed by atoms with van der Waals surface area (Å²) >= 11 is 6.30. The molecule has 36 heavy (non-hydrogen) atoms. The van der Waals surface area contributed by atoms with E-state index in [1.54, 1.807) is 33.9 Å². The van der Waals surface area contributed by atoms with Crippen molar-refractivity contribution in [3.8, 4) is 5.75 Å². The molecule has 1 saturated heterocycles. The summed E-state index contributed by atoms with van der Waals surface area (Å²) < 4.78 is 47.6. The Morgan fingerprint density at radius 1 is 1.14 bits per heavy atom. The van der Waals surface area contributed by atoms with Crippen molar-refractivity contribution in [3.63, 3.8) is 0 Å². The fourth-order valence-corrected chi connectivity index (χ4v) is 4.75. The number of ether oxygens (including phenoxy) is 2. The van der Waals surface area contributed by atoms with Crippen LogP contribution in [0.1, 0.15) is 29.3 Å². The van der Waals surface area contributed by atoms with E-state index in [4.69, 9.17) is 21.1 Å². The predicted molar refractivity (Wildman–Crippen MR) is 129 cm³/mol. The van der Waals surface area contributed by atoms with Crippen LogP contribution < -0.4 is 9.64 Å². The van der Waals surface area contributed by atoms with Gasteiger partial charge in [0.05, 0.1) is 16.7 Å². The molecule has 2 aliphatic rings. The lowest BCUT2D eigenvalue weighted by atomic mass is 10.1. The molecule has 0 bridgehead atoms. The number of benzene rings is 2. The number of hydrogen-bond acceptors (Lipinski definition) is 4. The molecular weight excluding hydrogens is 499 g/mol. The van der Waals surface area contributed by atoms with Crippen LogP contribution in [0.5, 0.6) is 5.75 Å². The lowest BCUT2D eigenvalue weighted by Crippen LogP contribution is -2.49. The fourth-order valence-electron chi connectivity index (χ4n) is 4.50. The second-order valence-electron chi connectivity index (χ2n) is 8.94. The van der Waals surface area contributed by atoms with Gasteiger partial charge in [0, 0.05) is 45.0 Å². The standard InChI is InChI=1S/C25H27ClF3N3O4/c1-16-12-32(23(33)20-8-7-18(11-21(20)26)36-15-25(27,28)29)22-6-4-3-5-17(22)13-31(16)24(34)30-10-9-19(14-30)35-2/h3-8,11,16,19H,9-10,12-15H2,1-2H3/t16-,19-/m1/s1. The molecular formula is C25H27ClF3N3O4. The molecule has 4 rings (SSSR count). The number of para-hydroxylation sites is 1. The van der Waals surface area contributed by atoms with Crippen LogP contribution in [-0.4, -0.2) is 73.4 Å². The Hall–Kier alpha value is -2.98. The normalized spacial score (nSPS) is 20.2. The summed E-state index contributed by atoms with van der Waals surface area (Å²) in [6.45, 7) is 2.07. The molecule has 2 heterocycles. The van der Waals surface area contributed by atoms with Gasteiger partial charge < -0.3 is 24.2 Å². The number of halogens is 4. The van der Waals surface area contributed by atoms with Crippen molar-refractivity contribution in [3.05, 3.63) is 58.6 Å². The minimum Gasteiger partial charge on any atom is -0.484 e. The van der Waals surface area contributed by atoms with E-state index in [0.29, 0.717) is 25.3 Å². The van der Waals surface area contributed by atoms with E-state index in [1.807, 2.05) is 19.1 Å². The molecule has 0 saturated carbocycles. The van der Waals surface area contributed by atoms with Crippen LogP contribution >= 0.6 is 11.6 Å². The summed E-state index contributed by atoms with van der Waals surface area (Å²) in [5.41, 5.74) is 1.57. The van der Waals surface area contributed by atoms with E-state index in [-0.39, 0.29) is 41.1 Å². The molecule has 0 N–H and O–H groups in total. The summed E-state index contributed by atoms with van der Waals surface area (Å²) in [6.07, 6.45) is -3.71. The number of anilines is 1. The maximum Gasteiger partial charge on any atom is 0.422 e. The Balaban J connectivity index is 1.58. The molecule has 11 heteroatoms. The molecule has 2 aromatic rings. The van der Waals surface area contributed by atoms with Crippen LogP contribution in [0, 0.1) is 0 Å². The van der Waals surface area contributed by atoms with Crippen LogP contribution in [-0.2, 0) is 11.3 Å². The van der Waals surface area contributed by atoms with Crippen molar-refractivity contribution in [1.82, 2.24) is 9.80 Å². The zero-order valence-electron chi connectivity index (χ0n) is 19.9. The molecule has 0 aromatic heterocycles. The number of amides is 3. The lowest BCUT2D eigenvalue weighted by molar-refractivity contribution is -0.153. The number of urea groups is 1. The highest BCUT2D eigenvalue weighted by atomic mass is 35.5. The number of carbonyl (C=O) groups excluding carboxylic acids is 2. The van der Waals surface area contributed by atoms with Gasteiger partial charge in [0.1, 0.15) is 5.75 Å². The number of likely N-dealkylation sites (tertiary alicyclic amines) is 1. The third kappa shape index (κ3) is 5.70. The molecule has 7 nitrogen and oxygen atoms in total. The number of hydrogen-bond donors (Lipinski definition) is 0. The molecule has 3 amide bonds. The van der Waals surface area contributed by atoms with Gasteiger partial charge in [0.2, 0.25) is 0 Å². The van der Waals surface area contributed by atoms with E-state index >= 15 is 0 Å². The first-order chi connectivity index (χ1) is 17.1. The molecule has 0 spiro atoms. The zero-order chi connectivity index (χ0) is 26.0. The maximum atomic E-state index is 13.6. The number of alkyl halides is 3. The number of fused-ring (bicyclic) bond motifs is 1. The van der Waals surface area contributed by atoms with Gasteiger partial charge in [-0.1, -0.05) is 29.8 Å². The van der Waals surface area contributed by atoms with Gasteiger partial charge in [-0.3, -0.25) is 4.79 Å². The topological polar surface area (TPSA) is 62.3 Å². The summed E-state index contributed by atoms with van der Waals surface area (Å²) in [5, 5.41) is -0.0235. The van der Waals surface area contributed by atoms with Gasteiger partial charge in [-0.25, -0.2) is 4.79 Å². The van der Waals surface area contributed by atoms with Crippen LogP contribution in [0.25, 0.3) is 0 Å². The summed E-state index contributed by atoms with van der Waals surface area (Å²) in [7, 11) is 1.63. The molecule has 0 radical (unpaired) electrons. The van der Waals surface area contributed by atoms with E-state index in [9.17, 15) is 22.8 Å². The number of methoxy groups -OCH3 is 1. The number of nitrogens with zero attached hydrogens (tertiary/aromatic N) is 3. The molecule has 2 aliphatic heterocycles. The quantitative estimate of drug-likeness (QED) is 0.565. The molecule has 0 aliphatic carbocycles. The van der Waals surface area contributed by atoms with Gasteiger partial charge in [-0.2, -0.15) is 13.2 Å². The van der Waals surface area contributed by atoms with Gasteiger partial charge in [-0.15, -0.1) is 0 Å². The first kappa shape index (κ1) is 26.1. The van der Waals surface area contributed by atoms with Crippen molar-refractivity contribution in [2.24, 2.45) is 0 Å². The smallest absolute Gasteiger partial charge is 0.422 e. The highest BCUT2D eigenvalue weighted by molar-refractivity contribution is 6.34. The summed E-state index contributed by atoms with van der Waals surface area (Å²) in [4.78, 5) is 32.1. The number of carbonyl (C=O) groups is 2. The first-order valence-corrected chi connectivity index (χ1v) is 11.9. The molecule has 2 atom stereocenters. The van der Waals surface area contributed by atoms with Crippen LogP contribution in [0.15, 0.2) is 42.5 Å². The Bertz CT molecular complexity index is 1130. The second kappa shape index (κ2) is 10.6. The van der Waals surface area contributed by atoms with Crippen molar-refractivity contribution >= 4 is 29.2 Å². The van der Waals surface area contributed by atoms with Gasteiger partial charge in [-0.05, 0) is 43.2 Å². The molecule has 194 valence electrons. The lowest BCUT2D eigenvalue weighted by Gasteiger charge is -2.32. The third-order valence-corrected chi connectivity index (χ3v) is 6.73. The number of rotatable bonds is 4. The Morgan fingerprint density at radius 2 is 1.89 bits per heavy atom. The average molecular weight is 526 g/mol. The molecule has 2 aromatic carbocycles. The largest absolute Gasteiger partial charge is 0.484 e. The minimum absolute atomic E-state index is 0.00632. The summed E-state index contributed by atoms with van der Waals surface area (Å²) in [6, 6.07) is 10.7. The van der Waals surface area contributed by atoms with Crippen LogP contribution in [0.3, 0.4) is 0 Å². The zero-order valence-corrected chi connectivity index (χ0v) is 20.7. The monoisotopic (exact) mass is 525 g/mol. The van der Waals surface area contributed by atoms with Gasteiger partial charge in [0.15, 0.2) is 6.61 Å². The van der Waals surface area contributed by atoms with E-state index in [0.717, 1.165) is 12.0 Å². The highest BCUT2D eigenvalue weighted by Gasteiger charge is 2.36. The van der Waals surface area contributed by atoms with Crippen molar-refractivity contribution < 1.29 is 32.2 Å². The Labute approximate surface area is 212 Å². The van der Waals surface area contributed by atoms with Crippen LogP contribution in [0.2, 0.25) is 5.02 Å². The van der Waals surface area contributed by atoms with E-state index in [1.165, 1.54) is 18.2 Å². The molecule has 1 fully saturated rings. The highest BCUT2D eigenvalue weighted by Crippen LogP contribution is 2.32. The van der Waals surface area contributed by atoms with Crippen LogP contribution in [0.4, 0.5) is 23.7 Å². The fraction of sp³-hybridized carbons (Fsp3) is 0.440. The summed E-state index contributed by atoms with van der Waals surface area (Å²) in [5.74, 6) is -0.508. The van der Waals surface area contributed by atoms with E-state index < -0.39 is 18.7 Å². The van der Waals surface area contributed by atoms with Crippen molar-refractivity contribution in [2.75, 3.05) is 38.3 Å². The third-order valence-electron chi connectivity index (χ3n) is 6.42. The Kier molecular flexibility index (Phi) is 7.65. The first-order valence-electron chi connectivity index (χ1n) is 11.5.